The van der Waals surface area contributed by atoms with E-state index in [0.29, 0.717) is 5.92 Å². The molecule has 0 amide bonds. The Kier molecular flexibility index (Phi) is 5.20. The molecule has 102 valence electrons. The maximum absolute atomic E-state index is 12.5. The lowest BCUT2D eigenvalue weighted by atomic mass is 9.88. The minimum atomic E-state index is -4.26. The van der Waals surface area contributed by atoms with Gasteiger partial charge in [0.25, 0.3) is 0 Å². The Hall–Kier alpha value is -1.03. The molecule has 1 aromatic rings. The van der Waals surface area contributed by atoms with E-state index in [2.05, 4.69) is 19.2 Å². The Bertz CT molecular complexity index is 352. The summed E-state index contributed by atoms with van der Waals surface area (Å²) in [5, 5.41) is 3.20. The molecular formula is C14H20F3N. The number of benzene rings is 1. The topological polar surface area (TPSA) is 12.0 Å². The van der Waals surface area contributed by atoms with E-state index < -0.39 is 11.7 Å². The monoisotopic (exact) mass is 259 g/mol. The van der Waals surface area contributed by atoms with Gasteiger partial charge in [0, 0.05) is 6.04 Å². The first-order valence-corrected chi connectivity index (χ1v) is 6.28. The molecular weight excluding hydrogens is 239 g/mol. The number of nitrogens with one attached hydrogen (secondary N) is 1. The van der Waals surface area contributed by atoms with Gasteiger partial charge in [-0.05, 0) is 30.7 Å². The molecule has 1 nitrogen and oxygen atoms in total. The highest BCUT2D eigenvalue weighted by Gasteiger charge is 2.30. The molecule has 18 heavy (non-hydrogen) atoms. The molecule has 0 aliphatic heterocycles. The zero-order valence-electron chi connectivity index (χ0n) is 11.0. The zero-order chi connectivity index (χ0) is 13.8. The summed E-state index contributed by atoms with van der Waals surface area (Å²) in [7, 11) is 1.85. The summed E-state index contributed by atoms with van der Waals surface area (Å²) in [5.74, 6) is 0.437. The van der Waals surface area contributed by atoms with Crippen molar-refractivity contribution in [3.05, 3.63) is 35.4 Å². The van der Waals surface area contributed by atoms with E-state index in [1.807, 2.05) is 7.05 Å². The van der Waals surface area contributed by atoms with Gasteiger partial charge in [0.1, 0.15) is 0 Å². The quantitative estimate of drug-likeness (QED) is 0.826. The highest BCUT2D eigenvalue weighted by molar-refractivity contribution is 5.27. The van der Waals surface area contributed by atoms with E-state index in [-0.39, 0.29) is 6.04 Å². The highest BCUT2D eigenvalue weighted by Crippen LogP contribution is 2.32. The first kappa shape index (κ1) is 15.0. The van der Waals surface area contributed by atoms with Gasteiger partial charge in [-0.3, -0.25) is 0 Å². The van der Waals surface area contributed by atoms with Crippen molar-refractivity contribution in [1.29, 1.82) is 0 Å². The molecule has 0 aliphatic rings. The Morgan fingerprint density at radius 2 is 1.56 bits per heavy atom. The van der Waals surface area contributed by atoms with Gasteiger partial charge in [0.2, 0.25) is 0 Å². The summed E-state index contributed by atoms with van der Waals surface area (Å²) < 4.78 is 37.4. The molecule has 0 radical (unpaired) electrons. The third kappa shape index (κ3) is 3.48. The minimum Gasteiger partial charge on any atom is -0.313 e. The van der Waals surface area contributed by atoms with Crippen LogP contribution in [-0.4, -0.2) is 7.05 Å². The Labute approximate surface area is 106 Å². The molecule has 0 aromatic heterocycles. The van der Waals surface area contributed by atoms with Crippen molar-refractivity contribution in [2.45, 2.75) is 38.9 Å². The summed E-state index contributed by atoms with van der Waals surface area (Å²) in [6.07, 6.45) is -2.26. The van der Waals surface area contributed by atoms with E-state index in [1.165, 1.54) is 0 Å². The first-order valence-electron chi connectivity index (χ1n) is 6.28. The van der Waals surface area contributed by atoms with Gasteiger partial charge in [0.05, 0.1) is 5.56 Å². The second kappa shape index (κ2) is 6.23. The smallest absolute Gasteiger partial charge is 0.313 e. The Morgan fingerprint density at radius 1 is 1.06 bits per heavy atom. The second-order valence-electron chi connectivity index (χ2n) is 4.46. The Morgan fingerprint density at radius 3 is 1.89 bits per heavy atom. The summed E-state index contributed by atoms with van der Waals surface area (Å²) in [6, 6.07) is 5.57. The third-order valence-corrected chi connectivity index (χ3v) is 3.43. The van der Waals surface area contributed by atoms with Crippen LogP contribution in [0.25, 0.3) is 0 Å². The number of halogens is 3. The summed E-state index contributed by atoms with van der Waals surface area (Å²) in [6.45, 7) is 4.20. The third-order valence-electron chi connectivity index (χ3n) is 3.43. The first-order chi connectivity index (χ1) is 8.43. The molecule has 4 heteroatoms. The normalized spacial score (nSPS) is 13.9. The molecule has 1 N–H and O–H groups in total. The van der Waals surface area contributed by atoms with E-state index in [9.17, 15) is 13.2 Å². The fourth-order valence-electron chi connectivity index (χ4n) is 2.31. The predicted molar refractivity (Wildman–Crippen MR) is 67.3 cm³/mol. The van der Waals surface area contributed by atoms with Gasteiger partial charge in [0.15, 0.2) is 0 Å². The van der Waals surface area contributed by atoms with Crippen LogP contribution in [-0.2, 0) is 6.18 Å². The van der Waals surface area contributed by atoms with Crippen LogP contribution in [0.15, 0.2) is 24.3 Å². The molecule has 0 spiro atoms. The summed E-state index contributed by atoms with van der Waals surface area (Å²) >= 11 is 0. The predicted octanol–water partition coefficient (Wildman–Crippen LogP) is 4.40. The molecule has 1 rings (SSSR count). The molecule has 1 aromatic carbocycles. The molecule has 1 unspecified atom stereocenters. The average molecular weight is 259 g/mol. The van der Waals surface area contributed by atoms with Crippen LogP contribution in [0, 0.1) is 5.92 Å². The lowest BCUT2D eigenvalue weighted by molar-refractivity contribution is -0.137. The van der Waals surface area contributed by atoms with Gasteiger partial charge in [-0.2, -0.15) is 13.2 Å². The van der Waals surface area contributed by atoms with Crippen LogP contribution >= 0.6 is 0 Å². The fourth-order valence-corrected chi connectivity index (χ4v) is 2.31. The number of hydrogen-bond donors (Lipinski definition) is 1. The molecule has 0 bridgehead atoms. The molecule has 0 fully saturated rings. The number of alkyl halides is 3. The maximum atomic E-state index is 12.5. The summed E-state index contributed by atoms with van der Waals surface area (Å²) in [4.78, 5) is 0. The maximum Gasteiger partial charge on any atom is 0.416 e. The van der Waals surface area contributed by atoms with Crippen LogP contribution in [0.3, 0.4) is 0 Å². The molecule has 1 atom stereocenters. The van der Waals surface area contributed by atoms with Crippen molar-refractivity contribution in [2.75, 3.05) is 7.05 Å². The number of hydrogen-bond acceptors (Lipinski definition) is 1. The van der Waals surface area contributed by atoms with Crippen LogP contribution < -0.4 is 5.32 Å². The van der Waals surface area contributed by atoms with Crippen molar-refractivity contribution >= 4 is 0 Å². The molecule has 0 saturated heterocycles. The van der Waals surface area contributed by atoms with Crippen molar-refractivity contribution in [3.8, 4) is 0 Å². The van der Waals surface area contributed by atoms with Crippen LogP contribution in [0.1, 0.15) is 43.9 Å². The summed E-state index contributed by atoms with van der Waals surface area (Å²) in [5.41, 5.74) is 0.324. The van der Waals surface area contributed by atoms with E-state index in [4.69, 9.17) is 0 Å². The van der Waals surface area contributed by atoms with Crippen molar-refractivity contribution in [3.63, 3.8) is 0 Å². The molecule has 0 saturated carbocycles. The van der Waals surface area contributed by atoms with Crippen LogP contribution in [0.2, 0.25) is 0 Å². The van der Waals surface area contributed by atoms with Crippen LogP contribution in [0.4, 0.5) is 13.2 Å². The van der Waals surface area contributed by atoms with Crippen molar-refractivity contribution < 1.29 is 13.2 Å². The standard InChI is InChI=1S/C14H20F3N/c1-4-10(5-2)13(18-3)11-6-8-12(9-7-11)14(15,16)17/h6-10,13,18H,4-5H2,1-3H3. The van der Waals surface area contributed by atoms with Gasteiger partial charge in [-0.1, -0.05) is 38.8 Å². The van der Waals surface area contributed by atoms with Gasteiger partial charge >= 0.3 is 6.18 Å². The number of rotatable bonds is 5. The molecule has 0 heterocycles. The molecule has 0 aliphatic carbocycles. The van der Waals surface area contributed by atoms with Crippen molar-refractivity contribution in [1.82, 2.24) is 5.32 Å². The largest absolute Gasteiger partial charge is 0.416 e. The average Bonchev–Trinajstić information content (AvgIpc) is 2.35. The SMILES string of the molecule is CCC(CC)C(NC)c1ccc(C(F)(F)F)cc1. The lowest BCUT2D eigenvalue weighted by Crippen LogP contribution is -2.24. The van der Waals surface area contributed by atoms with Gasteiger partial charge in [-0.25, -0.2) is 0 Å². The van der Waals surface area contributed by atoms with Gasteiger partial charge < -0.3 is 5.32 Å². The van der Waals surface area contributed by atoms with E-state index in [1.54, 1.807) is 12.1 Å². The van der Waals surface area contributed by atoms with Gasteiger partial charge in [-0.15, -0.1) is 0 Å². The van der Waals surface area contributed by atoms with E-state index >= 15 is 0 Å². The fraction of sp³-hybridized carbons (Fsp3) is 0.571. The second-order valence-corrected chi connectivity index (χ2v) is 4.46. The van der Waals surface area contributed by atoms with Crippen molar-refractivity contribution in [2.24, 2.45) is 5.92 Å². The van der Waals surface area contributed by atoms with Crippen LogP contribution in [0.5, 0.6) is 0 Å². The van der Waals surface area contributed by atoms with E-state index in [0.717, 1.165) is 30.5 Å². The minimum absolute atomic E-state index is 0.113. The highest BCUT2D eigenvalue weighted by atomic mass is 19.4. The lowest BCUT2D eigenvalue weighted by Gasteiger charge is -2.25. The Balaban J connectivity index is 2.95. The zero-order valence-corrected chi connectivity index (χ0v) is 11.0.